The molecule has 0 heterocycles. The maximum absolute atomic E-state index is 12.6. The van der Waals surface area contributed by atoms with Gasteiger partial charge in [-0.3, -0.25) is 4.79 Å². The highest BCUT2D eigenvalue weighted by Gasteiger charge is 2.33. The van der Waals surface area contributed by atoms with Crippen molar-refractivity contribution < 1.29 is 14.3 Å². The Balaban J connectivity index is 2.83. The monoisotopic (exact) mass is 307 g/mol. The summed E-state index contributed by atoms with van der Waals surface area (Å²) < 4.78 is 11.1. The van der Waals surface area contributed by atoms with Crippen molar-refractivity contribution in [2.24, 2.45) is 0 Å². The number of amides is 1. The first kappa shape index (κ1) is 18.5. The van der Waals surface area contributed by atoms with Crippen molar-refractivity contribution in [1.29, 1.82) is 0 Å². The summed E-state index contributed by atoms with van der Waals surface area (Å²) in [6, 6.07) is 5.63. The van der Waals surface area contributed by atoms with E-state index in [1.54, 1.807) is 7.11 Å². The van der Waals surface area contributed by atoms with E-state index in [9.17, 15) is 4.79 Å². The van der Waals surface area contributed by atoms with Crippen LogP contribution in [0.2, 0.25) is 0 Å². The molecule has 0 aliphatic carbocycles. The second-order valence-electron chi connectivity index (χ2n) is 5.82. The van der Waals surface area contributed by atoms with Gasteiger partial charge in [-0.15, -0.1) is 0 Å². The van der Waals surface area contributed by atoms with Crippen LogP contribution in [0.4, 0.5) is 5.69 Å². The lowest BCUT2D eigenvalue weighted by Gasteiger charge is -2.28. The van der Waals surface area contributed by atoms with Gasteiger partial charge in [-0.2, -0.15) is 0 Å². The molecule has 124 valence electrons. The fraction of sp³-hybridized carbons (Fsp3) is 0.611. The van der Waals surface area contributed by atoms with Crippen LogP contribution in [0.1, 0.15) is 52.0 Å². The maximum atomic E-state index is 12.6. The van der Waals surface area contributed by atoms with E-state index in [1.807, 2.05) is 39.0 Å². The highest BCUT2D eigenvalue weighted by molar-refractivity contribution is 5.97. The van der Waals surface area contributed by atoms with Crippen molar-refractivity contribution in [2.75, 3.05) is 19.0 Å². The quantitative estimate of drug-likeness (QED) is 0.739. The van der Waals surface area contributed by atoms with Crippen LogP contribution < -0.4 is 10.1 Å². The number of aryl methyl sites for hydroxylation is 1. The molecule has 0 radical (unpaired) electrons. The Morgan fingerprint density at radius 1 is 1.27 bits per heavy atom. The number of carbonyl (C=O) groups excluding carboxylic acids is 1. The molecule has 0 spiro atoms. The van der Waals surface area contributed by atoms with Crippen LogP contribution in [0.3, 0.4) is 0 Å². The van der Waals surface area contributed by atoms with E-state index >= 15 is 0 Å². The SMILES string of the molecule is CCCC[C@@](C)(OCCC)C(=O)Nc1ccc(OC)c(C)c1. The summed E-state index contributed by atoms with van der Waals surface area (Å²) in [4.78, 5) is 12.6. The van der Waals surface area contributed by atoms with Crippen LogP contribution in [0.5, 0.6) is 5.75 Å². The van der Waals surface area contributed by atoms with E-state index in [1.165, 1.54) is 0 Å². The molecule has 4 heteroatoms. The minimum atomic E-state index is -0.778. The van der Waals surface area contributed by atoms with Gasteiger partial charge in [0, 0.05) is 12.3 Å². The van der Waals surface area contributed by atoms with Gasteiger partial charge in [-0.05, 0) is 50.5 Å². The summed E-state index contributed by atoms with van der Waals surface area (Å²) in [6.45, 7) is 8.59. The van der Waals surface area contributed by atoms with E-state index in [0.29, 0.717) is 6.61 Å². The van der Waals surface area contributed by atoms with Crippen molar-refractivity contribution in [3.8, 4) is 5.75 Å². The van der Waals surface area contributed by atoms with Gasteiger partial charge in [0.05, 0.1) is 7.11 Å². The maximum Gasteiger partial charge on any atom is 0.256 e. The topological polar surface area (TPSA) is 47.6 Å². The molecule has 4 nitrogen and oxygen atoms in total. The molecule has 0 saturated heterocycles. The number of carbonyl (C=O) groups is 1. The largest absolute Gasteiger partial charge is 0.496 e. The predicted molar refractivity (Wildman–Crippen MR) is 90.5 cm³/mol. The highest BCUT2D eigenvalue weighted by atomic mass is 16.5. The summed E-state index contributed by atoms with van der Waals surface area (Å²) in [6.07, 6.45) is 3.64. The van der Waals surface area contributed by atoms with Gasteiger partial charge in [0.25, 0.3) is 5.91 Å². The number of methoxy groups -OCH3 is 1. The molecule has 1 aromatic rings. The number of ether oxygens (including phenoxy) is 2. The van der Waals surface area contributed by atoms with Gasteiger partial charge in [-0.25, -0.2) is 0 Å². The number of rotatable bonds is 9. The number of hydrogen-bond acceptors (Lipinski definition) is 3. The van der Waals surface area contributed by atoms with E-state index in [2.05, 4.69) is 12.2 Å². The fourth-order valence-electron chi connectivity index (χ4n) is 2.31. The third-order valence-electron chi connectivity index (χ3n) is 3.77. The molecule has 0 unspecified atom stereocenters. The molecular formula is C18H29NO3. The summed E-state index contributed by atoms with van der Waals surface area (Å²) in [7, 11) is 1.64. The minimum Gasteiger partial charge on any atom is -0.496 e. The van der Waals surface area contributed by atoms with Gasteiger partial charge < -0.3 is 14.8 Å². The highest BCUT2D eigenvalue weighted by Crippen LogP contribution is 2.25. The second-order valence-corrected chi connectivity index (χ2v) is 5.82. The Kier molecular flexibility index (Phi) is 7.39. The Morgan fingerprint density at radius 2 is 2.00 bits per heavy atom. The van der Waals surface area contributed by atoms with Crippen molar-refractivity contribution in [2.45, 2.75) is 59.0 Å². The molecule has 1 rings (SSSR count). The Morgan fingerprint density at radius 3 is 2.55 bits per heavy atom. The molecule has 22 heavy (non-hydrogen) atoms. The lowest BCUT2D eigenvalue weighted by atomic mass is 9.97. The number of unbranched alkanes of at least 4 members (excludes halogenated alkanes) is 1. The van der Waals surface area contributed by atoms with Crippen LogP contribution in [0, 0.1) is 6.92 Å². The second kappa shape index (κ2) is 8.79. The first-order valence-electron chi connectivity index (χ1n) is 8.07. The van der Waals surface area contributed by atoms with Gasteiger partial charge in [0.2, 0.25) is 0 Å². The average molecular weight is 307 g/mol. The molecule has 0 aromatic heterocycles. The lowest BCUT2D eigenvalue weighted by molar-refractivity contribution is -0.140. The molecule has 0 saturated carbocycles. The molecule has 1 atom stereocenters. The third kappa shape index (κ3) is 5.02. The molecule has 0 fully saturated rings. The third-order valence-corrected chi connectivity index (χ3v) is 3.77. The molecule has 1 aromatic carbocycles. The normalized spacial score (nSPS) is 13.5. The van der Waals surface area contributed by atoms with Gasteiger partial charge in [0.15, 0.2) is 0 Å². The van der Waals surface area contributed by atoms with Gasteiger partial charge in [-0.1, -0.05) is 26.7 Å². The molecule has 0 aliphatic rings. The standard InChI is InChI=1S/C18H29NO3/c1-6-8-11-18(4,22-12-7-2)17(20)19-15-9-10-16(21-5)14(3)13-15/h9-10,13H,6-8,11-12H2,1-5H3,(H,19,20)/t18-/m1/s1. The lowest BCUT2D eigenvalue weighted by Crippen LogP contribution is -2.43. The van der Waals surface area contributed by atoms with Gasteiger partial charge >= 0.3 is 0 Å². The van der Waals surface area contributed by atoms with E-state index in [0.717, 1.165) is 42.7 Å². The van der Waals surface area contributed by atoms with Crippen molar-refractivity contribution in [3.63, 3.8) is 0 Å². The van der Waals surface area contributed by atoms with Crippen molar-refractivity contribution in [1.82, 2.24) is 0 Å². The first-order chi connectivity index (χ1) is 10.5. The number of nitrogens with one attached hydrogen (secondary N) is 1. The predicted octanol–water partition coefficient (Wildman–Crippen LogP) is 4.32. The Bertz CT molecular complexity index is 477. The molecule has 0 bridgehead atoms. The van der Waals surface area contributed by atoms with E-state index < -0.39 is 5.60 Å². The zero-order chi connectivity index (χ0) is 16.6. The first-order valence-corrected chi connectivity index (χ1v) is 8.07. The van der Waals surface area contributed by atoms with Crippen LogP contribution in [0.15, 0.2) is 18.2 Å². The summed E-state index contributed by atoms with van der Waals surface area (Å²) >= 11 is 0. The van der Waals surface area contributed by atoms with Crippen LogP contribution >= 0.6 is 0 Å². The van der Waals surface area contributed by atoms with E-state index in [4.69, 9.17) is 9.47 Å². The summed E-state index contributed by atoms with van der Waals surface area (Å²) in [5.41, 5.74) is 0.982. The Hall–Kier alpha value is -1.55. The zero-order valence-electron chi connectivity index (χ0n) is 14.5. The Labute approximate surface area is 134 Å². The molecular weight excluding hydrogens is 278 g/mol. The summed E-state index contributed by atoms with van der Waals surface area (Å²) in [5, 5.41) is 2.97. The van der Waals surface area contributed by atoms with Crippen molar-refractivity contribution >= 4 is 11.6 Å². The average Bonchev–Trinajstić information content (AvgIpc) is 2.51. The van der Waals surface area contributed by atoms with E-state index in [-0.39, 0.29) is 5.91 Å². The van der Waals surface area contributed by atoms with Crippen molar-refractivity contribution in [3.05, 3.63) is 23.8 Å². The smallest absolute Gasteiger partial charge is 0.256 e. The van der Waals surface area contributed by atoms with Crippen LogP contribution in [-0.2, 0) is 9.53 Å². The molecule has 0 aliphatic heterocycles. The zero-order valence-corrected chi connectivity index (χ0v) is 14.5. The molecule has 1 amide bonds. The van der Waals surface area contributed by atoms with Gasteiger partial charge in [0.1, 0.15) is 11.4 Å². The summed E-state index contributed by atoms with van der Waals surface area (Å²) in [5.74, 6) is 0.730. The minimum absolute atomic E-state index is 0.0843. The fourth-order valence-corrected chi connectivity index (χ4v) is 2.31. The van der Waals surface area contributed by atoms with Crippen LogP contribution in [0.25, 0.3) is 0 Å². The molecule has 1 N–H and O–H groups in total. The van der Waals surface area contributed by atoms with Crippen LogP contribution in [-0.4, -0.2) is 25.2 Å². The number of anilines is 1. The number of benzene rings is 1. The number of hydrogen-bond donors (Lipinski definition) is 1.